The number of aliphatic imine (C=N–C) groups is 1. The van der Waals surface area contributed by atoms with Gasteiger partial charge < -0.3 is 10.6 Å². The topological polar surface area (TPSA) is 88.4 Å². The van der Waals surface area contributed by atoms with E-state index in [9.17, 15) is 8.42 Å². The van der Waals surface area contributed by atoms with E-state index in [0.29, 0.717) is 11.4 Å². The average Bonchev–Trinajstić information content (AvgIpc) is 2.98. The zero-order chi connectivity index (χ0) is 19.2. The Hall–Kier alpha value is -2.35. The van der Waals surface area contributed by atoms with E-state index < -0.39 is 9.84 Å². The van der Waals surface area contributed by atoms with Gasteiger partial charge in [0.2, 0.25) is 0 Å². The van der Waals surface area contributed by atoms with Crippen LogP contribution in [0.1, 0.15) is 23.1 Å². The number of guanidine groups is 1. The maximum Gasteiger partial charge on any atom is 0.191 e. The third kappa shape index (κ3) is 5.87. The van der Waals surface area contributed by atoms with Gasteiger partial charge in [-0.05, 0) is 42.5 Å². The lowest BCUT2D eigenvalue weighted by molar-refractivity contribution is 0.601. The Morgan fingerprint density at radius 1 is 1.27 bits per heavy atom. The van der Waals surface area contributed by atoms with Crippen molar-refractivity contribution in [1.82, 2.24) is 20.4 Å². The van der Waals surface area contributed by atoms with Crippen LogP contribution in [0, 0.1) is 6.92 Å². The summed E-state index contributed by atoms with van der Waals surface area (Å²) >= 11 is 0. The number of aryl methyl sites for hydroxylation is 3. The Balaban J connectivity index is 1.80. The largest absolute Gasteiger partial charge is 0.356 e. The molecule has 1 heterocycles. The van der Waals surface area contributed by atoms with E-state index in [1.54, 1.807) is 17.8 Å². The average molecular weight is 378 g/mol. The molecule has 0 amide bonds. The Labute approximate surface area is 155 Å². The highest BCUT2D eigenvalue weighted by atomic mass is 32.2. The molecule has 2 N–H and O–H groups in total. The summed E-state index contributed by atoms with van der Waals surface area (Å²) in [6, 6.07) is 5.37. The first kappa shape index (κ1) is 20.0. The minimum atomic E-state index is -3.19. The van der Waals surface area contributed by atoms with Crippen LogP contribution in [0.3, 0.4) is 0 Å². The van der Waals surface area contributed by atoms with Gasteiger partial charge in [-0.3, -0.25) is 9.67 Å². The fourth-order valence-electron chi connectivity index (χ4n) is 2.74. The van der Waals surface area contributed by atoms with E-state index in [4.69, 9.17) is 0 Å². The van der Waals surface area contributed by atoms with Crippen molar-refractivity contribution in [2.45, 2.75) is 31.2 Å². The van der Waals surface area contributed by atoms with Crippen LogP contribution in [0.4, 0.5) is 0 Å². The van der Waals surface area contributed by atoms with E-state index >= 15 is 0 Å². The van der Waals surface area contributed by atoms with Crippen molar-refractivity contribution >= 4 is 15.8 Å². The van der Waals surface area contributed by atoms with Crippen LogP contribution < -0.4 is 10.6 Å². The molecule has 0 fully saturated rings. The maximum absolute atomic E-state index is 11.7. The molecular formula is C18H27N5O2S. The second-order valence-electron chi connectivity index (χ2n) is 6.35. The Morgan fingerprint density at radius 2 is 2.04 bits per heavy atom. The van der Waals surface area contributed by atoms with Crippen LogP contribution in [-0.2, 0) is 29.9 Å². The van der Waals surface area contributed by atoms with Gasteiger partial charge in [-0.1, -0.05) is 12.1 Å². The first-order valence-corrected chi connectivity index (χ1v) is 10.4. The third-order valence-electron chi connectivity index (χ3n) is 4.02. The zero-order valence-electron chi connectivity index (χ0n) is 15.8. The molecule has 0 aliphatic carbocycles. The molecule has 2 rings (SSSR count). The molecule has 0 atom stereocenters. The fourth-order valence-corrected chi connectivity index (χ4v) is 3.70. The molecule has 0 spiro atoms. The molecule has 0 aliphatic rings. The molecule has 1 aromatic carbocycles. The van der Waals surface area contributed by atoms with E-state index in [1.165, 1.54) is 11.8 Å². The third-order valence-corrected chi connectivity index (χ3v) is 5.27. The van der Waals surface area contributed by atoms with Crippen LogP contribution in [0.5, 0.6) is 0 Å². The Bertz CT molecular complexity index is 871. The number of nitrogens with one attached hydrogen (secondary N) is 2. The predicted octanol–water partition coefficient (Wildman–Crippen LogP) is 1.43. The highest BCUT2D eigenvalue weighted by molar-refractivity contribution is 7.90. The van der Waals surface area contributed by atoms with Crippen LogP contribution in [0.2, 0.25) is 0 Å². The van der Waals surface area contributed by atoms with Crippen LogP contribution in [0.25, 0.3) is 0 Å². The second kappa shape index (κ2) is 8.84. The van der Waals surface area contributed by atoms with Crippen molar-refractivity contribution in [2.24, 2.45) is 12.0 Å². The SMILES string of the molecule is CN=C(NCCCc1cnn(C)c1)NCc1ccc(S(C)(=O)=O)c(C)c1. The minimum absolute atomic E-state index is 0.374. The van der Waals surface area contributed by atoms with Crippen LogP contribution in [0.15, 0.2) is 40.5 Å². The number of hydrogen-bond acceptors (Lipinski definition) is 4. The molecule has 7 nitrogen and oxygen atoms in total. The maximum atomic E-state index is 11.7. The summed E-state index contributed by atoms with van der Waals surface area (Å²) in [6.07, 6.45) is 7.08. The molecule has 142 valence electrons. The molecule has 0 aliphatic heterocycles. The smallest absolute Gasteiger partial charge is 0.191 e. The van der Waals surface area contributed by atoms with Gasteiger partial charge in [-0.15, -0.1) is 0 Å². The summed E-state index contributed by atoms with van der Waals surface area (Å²) in [6.45, 7) is 3.19. The first-order valence-electron chi connectivity index (χ1n) is 8.51. The van der Waals surface area contributed by atoms with Gasteiger partial charge in [0, 0.05) is 39.6 Å². The Morgan fingerprint density at radius 3 is 2.62 bits per heavy atom. The second-order valence-corrected chi connectivity index (χ2v) is 8.33. The molecular weight excluding hydrogens is 350 g/mol. The summed E-state index contributed by atoms with van der Waals surface area (Å²) in [5, 5.41) is 10.7. The van der Waals surface area contributed by atoms with Gasteiger partial charge in [0.05, 0.1) is 11.1 Å². The standard InChI is InChI=1S/C18H27N5O2S/c1-14-10-15(7-8-17(14)26(4,24)25)11-21-18(19-2)20-9-5-6-16-12-22-23(3)13-16/h7-8,10,12-13H,5-6,9,11H2,1-4H3,(H2,19,20,21). The molecule has 0 bridgehead atoms. The lowest BCUT2D eigenvalue weighted by atomic mass is 10.1. The van der Waals surface area contributed by atoms with E-state index in [1.807, 2.05) is 38.5 Å². The lowest BCUT2D eigenvalue weighted by Gasteiger charge is -2.13. The summed E-state index contributed by atoms with van der Waals surface area (Å²) in [5.41, 5.74) is 2.98. The monoisotopic (exact) mass is 377 g/mol. The van der Waals surface area contributed by atoms with Crippen molar-refractivity contribution in [3.63, 3.8) is 0 Å². The van der Waals surface area contributed by atoms with Crippen molar-refractivity contribution < 1.29 is 8.42 Å². The van der Waals surface area contributed by atoms with Crippen molar-refractivity contribution in [1.29, 1.82) is 0 Å². The molecule has 0 unspecified atom stereocenters. The number of sulfone groups is 1. The van der Waals surface area contributed by atoms with Gasteiger partial charge in [0.15, 0.2) is 15.8 Å². The number of benzene rings is 1. The Kier molecular flexibility index (Phi) is 6.79. The van der Waals surface area contributed by atoms with Crippen LogP contribution in [-0.4, -0.2) is 44.0 Å². The summed E-state index contributed by atoms with van der Waals surface area (Å²) in [7, 11) is 0.460. The number of hydrogen-bond donors (Lipinski definition) is 2. The quantitative estimate of drug-likeness (QED) is 0.433. The first-order chi connectivity index (χ1) is 12.3. The van der Waals surface area contributed by atoms with Crippen LogP contribution >= 0.6 is 0 Å². The minimum Gasteiger partial charge on any atom is -0.356 e. The lowest BCUT2D eigenvalue weighted by Crippen LogP contribution is -2.37. The summed E-state index contributed by atoms with van der Waals surface area (Å²) in [5.74, 6) is 0.723. The van der Waals surface area contributed by atoms with Crippen molar-refractivity contribution in [2.75, 3.05) is 19.8 Å². The molecule has 8 heteroatoms. The van der Waals surface area contributed by atoms with E-state index in [-0.39, 0.29) is 0 Å². The van der Waals surface area contributed by atoms with Gasteiger partial charge in [0.1, 0.15) is 0 Å². The van der Waals surface area contributed by atoms with Gasteiger partial charge in [0.25, 0.3) is 0 Å². The molecule has 1 aromatic heterocycles. The number of aromatic nitrogens is 2. The normalized spacial score (nSPS) is 12.2. The van der Waals surface area contributed by atoms with Crippen molar-refractivity contribution in [3.05, 3.63) is 47.3 Å². The molecule has 0 radical (unpaired) electrons. The molecule has 2 aromatic rings. The highest BCUT2D eigenvalue weighted by Gasteiger charge is 2.10. The molecule has 26 heavy (non-hydrogen) atoms. The summed E-state index contributed by atoms with van der Waals surface area (Å²) < 4.78 is 25.2. The zero-order valence-corrected chi connectivity index (χ0v) is 16.6. The van der Waals surface area contributed by atoms with E-state index in [0.717, 1.165) is 36.5 Å². The fraction of sp³-hybridized carbons (Fsp3) is 0.444. The molecule has 0 saturated carbocycles. The molecule has 0 saturated heterocycles. The van der Waals surface area contributed by atoms with E-state index in [2.05, 4.69) is 20.7 Å². The highest BCUT2D eigenvalue weighted by Crippen LogP contribution is 2.16. The van der Waals surface area contributed by atoms with Crippen molar-refractivity contribution in [3.8, 4) is 0 Å². The van der Waals surface area contributed by atoms with Gasteiger partial charge >= 0.3 is 0 Å². The van der Waals surface area contributed by atoms with Gasteiger partial charge in [-0.2, -0.15) is 5.10 Å². The number of rotatable bonds is 7. The number of nitrogens with zero attached hydrogens (tertiary/aromatic N) is 3. The summed E-state index contributed by atoms with van der Waals surface area (Å²) in [4.78, 5) is 4.59. The van der Waals surface area contributed by atoms with Gasteiger partial charge in [-0.25, -0.2) is 8.42 Å². The predicted molar refractivity (Wildman–Crippen MR) is 104 cm³/mol.